The van der Waals surface area contributed by atoms with Gasteiger partial charge in [-0.3, -0.25) is 9.59 Å². The van der Waals surface area contributed by atoms with Gasteiger partial charge in [0, 0.05) is 33.1 Å². The first kappa shape index (κ1) is 19.6. The summed E-state index contributed by atoms with van der Waals surface area (Å²) in [5.74, 6) is -0.283. The number of amides is 2. The summed E-state index contributed by atoms with van der Waals surface area (Å²) in [6.45, 7) is 3.15. The monoisotopic (exact) mass is 393 g/mol. The number of benzene rings is 1. The van der Waals surface area contributed by atoms with Crippen LogP contribution in [0, 0.1) is 0 Å². The molecular weight excluding hydrogens is 375 g/mol. The molecule has 1 saturated heterocycles. The summed E-state index contributed by atoms with van der Waals surface area (Å²) in [7, 11) is 0. The van der Waals surface area contributed by atoms with Gasteiger partial charge in [-0.1, -0.05) is 12.1 Å². The van der Waals surface area contributed by atoms with Crippen molar-refractivity contribution in [1.82, 2.24) is 20.0 Å². The van der Waals surface area contributed by atoms with Gasteiger partial charge in [-0.05, 0) is 24.3 Å². The quantitative estimate of drug-likeness (QED) is 0.867. The number of halogens is 3. The molecule has 10 heteroatoms. The molecule has 2 heterocycles. The highest BCUT2D eigenvalue weighted by molar-refractivity contribution is 5.92. The molecule has 0 aliphatic carbocycles. The second-order valence-electron chi connectivity index (χ2n) is 6.27. The van der Waals surface area contributed by atoms with Crippen LogP contribution in [0.15, 0.2) is 36.4 Å². The number of nitrogens with one attached hydrogen (secondary N) is 1. The van der Waals surface area contributed by atoms with E-state index in [1.807, 2.05) is 0 Å². The maximum atomic E-state index is 13.1. The van der Waals surface area contributed by atoms with E-state index in [0.29, 0.717) is 26.2 Å². The summed E-state index contributed by atoms with van der Waals surface area (Å²) >= 11 is 0. The van der Waals surface area contributed by atoms with E-state index in [0.717, 1.165) is 6.07 Å². The third-order valence-electron chi connectivity index (χ3n) is 4.39. The second-order valence-corrected chi connectivity index (χ2v) is 6.27. The Morgan fingerprint density at radius 1 is 0.964 bits per heavy atom. The molecule has 2 aromatic rings. The Labute approximate surface area is 159 Å². The number of para-hydroxylation sites is 1. The van der Waals surface area contributed by atoms with Crippen LogP contribution in [0.5, 0.6) is 0 Å². The lowest BCUT2D eigenvalue weighted by Gasteiger charge is -2.33. The Hall–Kier alpha value is -3.17. The van der Waals surface area contributed by atoms with Gasteiger partial charge in [-0.15, -0.1) is 10.2 Å². The lowest BCUT2D eigenvalue weighted by Crippen LogP contribution is -2.50. The molecule has 2 amide bonds. The van der Waals surface area contributed by atoms with E-state index in [4.69, 9.17) is 0 Å². The number of hydrogen-bond acceptors (Lipinski definition) is 5. The minimum atomic E-state index is -4.51. The topological polar surface area (TPSA) is 78.4 Å². The molecule has 3 rings (SSSR count). The predicted molar refractivity (Wildman–Crippen MR) is 94.9 cm³/mol. The van der Waals surface area contributed by atoms with E-state index in [-0.39, 0.29) is 29.0 Å². The highest BCUT2D eigenvalue weighted by Crippen LogP contribution is 2.35. The molecule has 148 valence electrons. The van der Waals surface area contributed by atoms with Gasteiger partial charge in [-0.2, -0.15) is 13.2 Å². The standard InChI is InChI=1S/C18H18F3N5O2/c1-12(27)25-8-10-26(11-9-25)17(28)15-6-7-16(24-23-15)22-14-5-3-2-4-13(14)18(19,20)21/h2-7H,8-11H2,1H3,(H,22,24). The van der Waals surface area contributed by atoms with Gasteiger partial charge in [-0.25, -0.2) is 0 Å². The van der Waals surface area contributed by atoms with Crippen molar-refractivity contribution < 1.29 is 22.8 Å². The van der Waals surface area contributed by atoms with Gasteiger partial charge in [0.05, 0.1) is 11.3 Å². The summed E-state index contributed by atoms with van der Waals surface area (Å²) in [5, 5.41) is 10.2. The maximum Gasteiger partial charge on any atom is 0.418 e. The molecular formula is C18H18F3N5O2. The molecule has 0 saturated carbocycles. The SMILES string of the molecule is CC(=O)N1CCN(C(=O)c2ccc(Nc3ccccc3C(F)(F)F)nn2)CC1. The summed E-state index contributed by atoms with van der Waals surface area (Å²) in [6, 6.07) is 7.84. The van der Waals surface area contributed by atoms with Crippen LogP contribution in [0.2, 0.25) is 0 Å². The molecule has 28 heavy (non-hydrogen) atoms. The zero-order valence-corrected chi connectivity index (χ0v) is 15.0. The first-order valence-corrected chi connectivity index (χ1v) is 8.57. The number of aromatic nitrogens is 2. The highest BCUT2D eigenvalue weighted by atomic mass is 19.4. The number of nitrogens with zero attached hydrogens (tertiary/aromatic N) is 4. The van der Waals surface area contributed by atoms with Crippen molar-refractivity contribution in [3.63, 3.8) is 0 Å². The largest absolute Gasteiger partial charge is 0.418 e. The molecule has 1 aromatic heterocycles. The van der Waals surface area contributed by atoms with E-state index in [1.54, 1.807) is 9.80 Å². The van der Waals surface area contributed by atoms with Crippen molar-refractivity contribution in [2.75, 3.05) is 31.5 Å². The Kier molecular flexibility index (Phi) is 5.48. The summed E-state index contributed by atoms with van der Waals surface area (Å²) in [6.07, 6.45) is -4.51. The van der Waals surface area contributed by atoms with Crippen molar-refractivity contribution in [2.24, 2.45) is 0 Å². The van der Waals surface area contributed by atoms with Crippen LogP contribution in [-0.2, 0) is 11.0 Å². The lowest BCUT2D eigenvalue weighted by atomic mass is 10.1. The zero-order valence-electron chi connectivity index (χ0n) is 15.0. The molecule has 1 aliphatic rings. The minimum absolute atomic E-state index is 0.0403. The zero-order chi connectivity index (χ0) is 20.3. The second kappa shape index (κ2) is 7.83. The average molecular weight is 393 g/mol. The number of anilines is 2. The average Bonchev–Trinajstić information content (AvgIpc) is 2.68. The molecule has 0 spiro atoms. The highest BCUT2D eigenvalue weighted by Gasteiger charge is 2.33. The summed E-state index contributed by atoms with van der Waals surface area (Å²) in [4.78, 5) is 27.0. The summed E-state index contributed by atoms with van der Waals surface area (Å²) in [5.41, 5.74) is -0.880. The third-order valence-corrected chi connectivity index (χ3v) is 4.39. The number of piperazine rings is 1. The number of alkyl halides is 3. The van der Waals surface area contributed by atoms with E-state index < -0.39 is 11.7 Å². The minimum Gasteiger partial charge on any atom is -0.339 e. The van der Waals surface area contributed by atoms with Crippen molar-refractivity contribution in [2.45, 2.75) is 13.1 Å². The van der Waals surface area contributed by atoms with Gasteiger partial charge in [0.15, 0.2) is 11.5 Å². The fraction of sp³-hybridized carbons (Fsp3) is 0.333. The lowest BCUT2D eigenvalue weighted by molar-refractivity contribution is -0.137. The van der Waals surface area contributed by atoms with Gasteiger partial charge in [0.25, 0.3) is 5.91 Å². The van der Waals surface area contributed by atoms with Gasteiger partial charge >= 0.3 is 6.18 Å². The predicted octanol–water partition coefficient (Wildman–Crippen LogP) is 2.54. The molecule has 0 bridgehead atoms. The summed E-state index contributed by atoms with van der Waals surface area (Å²) < 4.78 is 39.2. The smallest absolute Gasteiger partial charge is 0.339 e. The molecule has 0 atom stereocenters. The van der Waals surface area contributed by atoms with Crippen molar-refractivity contribution >= 4 is 23.3 Å². The van der Waals surface area contributed by atoms with E-state index >= 15 is 0 Å². The maximum absolute atomic E-state index is 13.1. The van der Waals surface area contributed by atoms with Crippen LogP contribution in [0.4, 0.5) is 24.7 Å². The fourth-order valence-corrected chi connectivity index (χ4v) is 2.88. The van der Waals surface area contributed by atoms with Gasteiger partial charge < -0.3 is 15.1 Å². The van der Waals surface area contributed by atoms with Crippen LogP contribution in [0.25, 0.3) is 0 Å². The van der Waals surface area contributed by atoms with Crippen LogP contribution < -0.4 is 5.32 Å². The Morgan fingerprint density at radius 2 is 1.61 bits per heavy atom. The fourth-order valence-electron chi connectivity index (χ4n) is 2.88. The number of rotatable bonds is 3. The number of carbonyl (C=O) groups is 2. The number of hydrogen-bond donors (Lipinski definition) is 1. The van der Waals surface area contributed by atoms with Crippen molar-refractivity contribution in [3.05, 3.63) is 47.7 Å². The van der Waals surface area contributed by atoms with Crippen LogP contribution >= 0.6 is 0 Å². The van der Waals surface area contributed by atoms with Crippen molar-refractivity contribution in [1.29, 1.82) is 0 Å². The van der Waals surface area contributed by atoms with E-state index in [2.05, 4.69) is 15.5 Å². The molecule has 0 unspecified atom stereocenters. The molecule has 7 nitrogen and oxygen atoms in total. The third kappa shape index (κ3) is 4.38. The van der Waals surface area contributed by atoms with Crippen LogP contribution in [0.3, 0.4) is 0 Å². The first-order chi connectivity index (χ1) is 13.3. The first-order valence-electron chi connectivity index (χ1n) is 8.57. The number of carbonyl (C=O) groups excluding carboxylic acids is 2. The normalized spacial score (nSPS) is 14.7. The molecule has 1 N–H and O–H groups in total. The van der Waals surface area contributed by atoms with E-state index in [1.165, 1.54) is 37.3 Å². The van der Waals surface area contributed by atoms with Crippen LogP contribution in [0.1, 0.15) is 23.0 Å². The molecule has 1 fully saturated rings. The Morgan fingerprint density at radius 3 is 2.18 bits per heavy atom. The Bertz CT molecular complexity index is 862. The van der Waals surface area contributed by atoms with Crippen LogP contribution in [-0.4, -0.2) is 58.0 Å². The van der Waals surface area contributed by atoms with Gasteiger partial charge in [0.1, 0.15) is 0 Å². The molecule has 1 aromatic carbocycles. The molecule has 0 radical (unpaired) electrons. The van der Waals surface area contributed by atoms with Gasteiger partial charge in [0.2, 0.25) is 5.91 Å². The Balaban J connectivity index is 1.68. The molecule has 1 aliphatic heterocycles. The van der Waals surface area contributed by atoms with Crippen molar-refractivity contribution in [3.8, 4) is 0 Å². The van der Waals surface area contributed by atoms with E-state index in [9.17, 15) is 22.8 Å².